The Bertz CT molecular complexity index is 523. The fourth-order valence-electron chi connectivity index (χ4n) is 1.27. The summed E-state index contributed by atoms with van der Waals surface area (Å²) >= 11 is 0. The van der Waals surface area contributed by atoms with Gasteiger partial charge >= 0.3 is 0 Å². The molecule has 0 aliphatic rings. The van der Waals surface area contributed by atoms with Gasteiger partial charge in [0, 0.05) is 11.8 Å². The molecule has 2 aromatic rings. The van der Waals surface area contributed by atoms with Crippen molar-refractivity contribution in [3.05, 3.63) is 23.5 Å². The Kier molecular flexibility index (Phi) is 1.82. The van der Waals surface area contributed by atoms with E-state index in [9.17, 15) is 0 Å². The molecule has 70 valence electrons. The molecule has 0 fully saturated rings. The number of hydrogen-bond donors (Lipinski definition) is 0. The van der Waals surface area contributed by atoms with Crippen LogP contribution in [-0.4, -0.2) is 21.7 Å². The number of ether oxygens (including phenoxy) is 1. The highest BCUT2D eigenvalue weighted by Crippen LogP contribution is 2.14. The number of methoxy groups -OCH3 is 1. The highest BCUT2D eigenvalue weighted by atomic mass is 16.5. The first-order valence-corrected chi connectivity index (χ1v) is 4.05. The predicted octanol–water partition coefficient (Wildman–Crippen LogP) is 0.918. The van der Waals surface area contributed by atoms with Gasteiger partial charge in [0.1, 0.15) is 11.6 Å². The Balaban J connectivity index is 2.82. The molecule has 2 rings (SSSR count). The van der Waals surface area contributed by atoms with Crippen molar-refractivity contribution in [1.29, 1.82) is 5.26 Å². The summed E-state index contributed by atoms with van der Waals surface area (Å²) in [5.74, 6) is 0.493. The first-order chi connectivity index (χ1) is 6.76. The smallest absolute Gasteiger partial charge is 0.216 e. The molecule has 0 atom stereocenters. The maximum atomic E-state index is 8.79. The third-order valence-electron chi connectivity index (χ3n) is 1.96. The molecule has 0 aliphatic carbocycles. The van der Waals surface area contributed by atoms with E-state index >= 15 is 0 Å². The van der Waals surface area contributed by atoms with Crippen LogP contribution in [0.3, 0.4) is 0 Å². The molecular formula is C9H8N4O. The second-order valence-electron chi connectivity index (χ2n) is 2.85. The van der Waals surface area contributed by atoms with Gasteiger partial charge in [0.05, 0.1) is 13.3 Å². The Morgan fingerprint density at radius 3 is 3.00 bits per heavy atom. The van der Waals surface area contributed by atoms with Gasteiger partial charge < -0.3 is 4.74 Å². The van der Waals surface area contributed by atoms with Crippen molar-refractivity contribution in [3.8, 4) is 11.9 Å². The van der Waals surface area contributed by atoms with Gasteiger partial charge in [0.15, 0.2) is 5.65 Å². The van der Waals surface area contributed by atoms with Crippen molar-refractivity contribution < 1.29 is 4.74 Å². The van der Waals surface area contributed by atoms with Crippen LogP contribution in [0.4, 0.5) is 0 Å². The summed E-state index contributed by atoms with van der Waals surface area (Å²) in [5.41, 5.74) is 1.87. The van der Waals surface area contributed by atoms with Gasteiger partial charge in [-0.3, -0.25) is 0 Å². The molecule has 0 saturated heterocycles. The minimum atomic E-state index is 0.451. The van der Waals surface area contributed by atoms with Gasteiger partial charge in [-0.1, -0.05) is 0 Å². The van der Waals surface area contributed by atoms with Crippen molar-refractivity contribution in [2.45, 2.75) is 6.92 Å². The predicted molar refractivity (Wildman–Crippen MR) is 49.0 cm³/mol. The van der Waals surface area contributed by atoms with Crippen molar-refractivity contribution in [3.63, 3.8) is 0 Å². The summed E-state index contributed by atoms with van der Waals surface area (Å²) in [6.45, 7) is 1.88. The molecule has 0 bridgehead atoms. The number of nitriles is 1. The van der Waals surface area contributed by atoms with Crippen LogP contribution in [0.25, 0.3) is 5.65 Å². The minimum Gasteiger partial charge on any atom is -0.481 e. The molecule has 2 aromatic heterocycles. The average Bonchev–Trinajstić information content (AvgIpc) is 2.61. The van der Waals surface area contributed by atoms with Crippen molar-refractivity contribution in [2.75, 3.05) is 7.11 Å². The Hall–Kier alpha value is -2.09. The zero-order chi connectivity index (χ0) is 10.1. The zero-order valence-corrected chi connectivity index (χ0v) is 7.85. The van der Waals surface area contributed by atoms with Crippen LogP contribution in [0.1, 0.15) is 11.3 Å². The summed E-state index contributed by atoms with van der Waals surface area (Å²) in [7, 11) is 1.54. The van der Waals surface area contributed by atoms with Gasteiger partial charge in [0.2, 0.25) is 5.88 Å². The van der Waals surface area contributed by atoms with E-state index in [4.69, 9.17) is 10.00 Å². The molecule has 2 heterocycles. The first-order valence-electron chi connectivity index (χ1n) is 4.05. The molecule has 0 spiro atoms. The molecule has 5 nitrogen and oxygen atoms in total. The number of hydrogen-bond acceptors (Lipinski definition) is 4. The number of nitrogens with zero attached hydrogens (tertiary/aromatic N) is 4. The Labute approximate surface area is 80.6 Å². The monoisotopic (exact) mass is 188 g/mol. The first kappa shape index (κ1) is 8.51. The third-order valence-corrected chi connectivity index (χ3v) is 1.96. The van der Waals surface area contributed by atoms with Crippen molar-refractivity contribution >= 4 is 5.65 Å². The fraction of sp³-hybridized carbons (Fsp3) is 0.222. The second-order valence-corrected chi connectivity index (χ2v) is 2.85. The fourth-order valence-corrected chi connectivity index (χ4v) is 1.27. The molecule has 0 unspecified atom stereocenters. The second kappa shape index (κ2) is 3.00. The lowest BCUT2D eigenvalue weighted by Gasteiger charge is -2.02. The summed E-state index contributed by atoms with van der Waals surface area (Å²) in [6, 6.07) is 3.79. The summed E-state index contributed by atoms with van der Waals surface area (Å²) in [4.78, 5) is 4.14. The van der Waals surface area contributed by atoms with Gasteiger partial charge in [-0.05, 0) is 6.92 Å². The van der Waals surface area contributed by atoms with E-state index in [1.54, 1.807) is 17.7 Å². The normalized spacial score (nSPS) is 10.1. The summed E-state index contributed by atoms with van der Waals surface area (Å²) in [5, 5.41) is 12.8. The lowest BCUT2D eigenvalue weighted by Crippen LogP contribution is -1.98. The van der Waals surface area contributed by atoms with Crippen LogP contribution < -0.4 is 4.74 Å². The van der Waals surface area contributed by atoms with E-state index in [1.165, 1.54) is 6.20 Å². The van der Waals surface area contributed by atoms with Gasteiger partial charge in [0.25, 0.3) is 0 Å². The average molecular weight is 188 g/mol. The van der Waals surface area contributed by atoms with Gasteiger partial charge in [-0.2, -0.15) is 15.3 Å². The third kappa shape index (κ3) is 1.09. The van der Waals surface area contributed by atoms with E-state index in [0.29, 0.717) is 17.1 Å². The van der Waals surface area contributed by atoms with Crippen LogP contribution in [0, 0.1) is 18.3 Å². The van der Waals surface area contributed by atoms with E-state index < -0.39 is 0 Å². The number of fused-ring (bicyclic) bond motifs is 1. The van der Waals surface area contributed by atoms with Gasteiger partial charge in [-0.25, -0.2) is 4.52 Å². The van der Waals surface area contributed by atoms with Crippen LogP contribution in [-0.2, 0) is 0 Å². The molecule has 14 heavy (non-hydrogen) atoms. The van der Waals surface area contributed by atoms with Crippen LogP contribution in [0.15, 0.2) is 12.3 Å². The highest BCUT2D eigenvalue weighted by Gasteiger charge is 2.08. The highest BCUT2D eigenvalue weighted by molar-refractivity contribution is 5.55. The number of aryl methyl sites for hydroxylation is 1. The number of rotatable bonds is 1. The Morgan fingerprint density at radius 2 is 2.36 bits per heavy atom. The lowest BCUT2D eigenvalue weighted by atomic mass is 10.3. The maximum Gasteiger partial charge on any atom is 0.216 e. The molecule has 0 saturated carbocycles. The largest absolute Gasteiger partial charge is 0.481 e. The molecule has 0 N–H and O–H groups in total. The quantitative estimate of drug-likeness (QED) is 0.667. The summed E-state index contributed by atoms with van der Waals surface area (Å²) in [6.07, 6.45) is 1.49. The van der Waals surface area contributed by atoms with E-state index in [2.05, 4.69) is 10.1 Å². The van der Waals surface area contributed by atoms with Crippen LogP contribution in [0.2, 0.25) is 0 Å². The van der Waals surface area contributed by atoms with Crippen LogP contribution >= 0.6 is 0 Å². The SMILES string of the molecule is COc1cc(C)n2ncc(C#N)c2n1. The molecule has 0 aromatic carbocycles. The lowest BCUT2D eigenvalue weighted by molar-refractivity contribution is 0.397. The zero-order valence-electron chi connectivity index (χ0n) is 7.85. The van der Waals surface area contributed by atoms with E-state index in [-0.39, 0.29) is 0 Å². The molecule has 0 aliphatic heterocycles. The molecule has 0 radical (unpaired) electrons. The van der Waals surface area contributed by atoms with Crippen molar-refractivity contribution in [2.24, 2.45) is 0 Å². The summed E-state index contributed by atoms with van der Waals surface area (Å²) < 4.78 is 6.62. The number of aromatic nitrogens is 3. The van der Waals surface area contributed by atoms with E-state index in [1.807, 2.05) is 13.0 Å². The standard InChI is InChI=1S/C9H8N4O/c1-6-3-8(14-2)12-9-7(4-10)5-11-13(6)9/h3,5H,1-2H3. The van der Waals surface area contributed by atoms with Crippen molar-refractivity contribution in [1.82, 2.24) is 14.6 Å². The maximum absolute atomic E-state index is 8.79. The van der Waals surface area contributed by atoms with Crippen LogP contribution in [0.5, 0.6) is 5.88 Å². The molecular weight excluding hydrogens is 180 g/mol. The topological polar surface area (TPSA) is 63.2 Å². The minimum absolute atomic E-state index is 0.451. The molecule has 5 heteroatoms. The van der Waals surface area contributed by atoms with Gasteiger partial charge in [-0.15, -0.1) is 0 Å². The van der Waals surface area contributed by atoms with E-state index in [0.717, 1.165) is 5.69 Å². The Morgan fingerprint density at radius 1 is 1.57 bits per heavy atom. The molecule has 0 amide bonds.